The van der Waals surface area contributed by atoms with Gasteiger partial charge in [0.05, 0.1) is 0 Å². The highest BCUT2D eigenvalue weighted by molar-refractivity contribution is 8.00. The second kappa shape index (κ2) is 14.3. The molecule has 49 heavy (non-hydrogen) atoms. The number of phenols is 2. The molecule has 4 heterocycles. The lowest BCUT2D eigenvalue weighted by Crippen LogP contribution is -2.71. The van der Waals surface area contributed by atoms with E-state index >= 15 is 0 Å². The predicted molar refractivity (Wildman–Crippen MR) is 179 cm³/mol. The highest BCUT2D eigenvalue weighted by Gasteiger charge is 2.54. The number of carboxylic acid groups (broad SMARTS) is 2. The number of allylic oxidation sites excluding steroid dienone is 1. The van der Waals surface area contributed by atoms with Gasteiger partial charge in [-0.3, -0.25) is 14.5 Å². The molecule has 1 unspecified atom stereocenters. The van der Waals surface area contributed by atoms with Gasteiger partial charge in [-0.2, -0.15) is 0 Å². The highest BCUT2D eigenvalue weighted by Crippen LogP contribution is 2.41. The van der Waals surface area contributed by atoms with Crippen LogP contribution in [0.5, 0.6) is 11.5 Å². The van der Waals surface area contributed by atoms with Crippen LogP contribution in [-0.4, -0.2) is 92.7 Å². The second-order valence-electron chi connectivity index (χ2n) is 10.2. The van der Waals surface area contributed by atoms with Crippen molar-refractivity contribution in [1.82, 2.24) is 25.2 Å². The molecule has 0 saturated carbocycles. The van der Waals surface area contributed by atoms with Crippen molar-refractivity contribution in [3.63, 3.8) is 0 Å². The van der Waals surface area contributed by atoms with Gasteiger partial charge in [-0.15, -0.1) is 23.1 Å². The number of aliphatic carboxylic acids is 2. The summed E-state index contributed by atoms with van der Waals surface area (Å²) in [7, 11) is 0. The van der Waals surface area contributed by atoms with Crippen molar-refractivity contribution < 1.29 is 44.4 Å². The van der Waals surface area contributed by atoms with E-state index < -0.39 is 58.5 Å². The molecule has 256 valence electrons. The van der Waals surface area contributed by atoms with Crippen LogP contribution in [-0.2, 0) is 24.0 Å². The van der Waals surface area contributed by atoms with Gasteiger partial charge in [0.1, 0.15) is 34.4 Å². The minimum Gasteiger partial charge on any atom is -0.504 e. The molecular weight excluding hydrogens is 703 g/mol. The first kappa shape index (κ1) is 34.8. The van der Waals surface area contributed by atoms with E-state index in [0.29, 0.717) is 22.0 Å². The van der Waals surface area contributed by atoms with Crippen LogP contribution in [0, 0.1) is 6.92 Å². The lowest BCUT2D eigenvalue weighted by atomic mass is 10.0. The van der Waals surface area contributed by atoms with Crippen LogP contribution in [0.4, 0.5) is 16.8 Å². The Balaban J connectivity index is 1.31. The molecule has 0 radical (unpaired) electrons. The van der Waals surface area contributed by atoms with Crippen LogP contribution in [0.25, 0.3) is 0 Å². The number of nitrogens with two attached hydrogens (primary N) is 3. The number of aromatic nitrogens is 3. The summed E-state index contributed by atoms with van der Waals surface area (Å²) in [6.45, 7) is 1.70. The first-order valence-corrected chi connectivity index (χ1v) is 16.8. The molecular formula is C28H27N9O9S3. The van der Waals surface area contributed by atoms with Crippen molar-refractivity contribution in [1.29, 1.82) is 0 Å². The number of β-lactam (4-membered cyclic amide) rings is 1. The third kappa shape index (κ3) is 7.32. The number of hydrogen-bond acceptors (Lipinski definition) is 17. The number of nitrogens with one attached hydrogen (secondary N) is 1. The third-order valence-electron chi connectivity index (χ3n) is 7.07. The SMILES string of the molecule is Cc1c(N)nc(SC/C=C/C2=C(C(=O)O)N3C(=O)[C@@H](NC(=O)/C(=N\OC(C(=O)O)c4ccc(O)c(O)c4)c4csc(N)n4)[C@H]3SC2)nc1N. The molecule has 2 amide bonds. The Morgan fingerprint density at radius 2 is 1.88 bits per heavy atom. The van der Waals surface area contributed by atoms with Crippen molar-refractivity contribution >= 4 is 81.1 Å². The van der Waals surface area contributed by atoms with Crippen molar-refractivity contribution in [2.24, 2.45) is 5.16 Å². The normalized spacial score (nSPS) is 18.2. The quantitative estimate of drug-likeness (QED) is 0.0322. The topological polar surface area (TPSA) is 303 Å². The van der Waals surface area contributed by atoms with Gasteiger partial charge < -0.3 is 47.8 Å². The standard InChI is InChI=1S/C28H27N9O9S3/c1-10-20(29)34-28(35-21(10)30)47-6-2-3-12-8-48-24-17(23(41)37(24)18(12)25(42)43)33-22(40)16(13-9-49-27(31)32-13)36-46-19(26(44)45)11-4-5-14(38)15(39)7-11/h2-5,7,9,17,19,24,38-39H,6,8H2,1H3,(H2,31,32)(H,33,40)(H,42,43)(H,44,45)(H4,29,30,34,35)/b3-2+,36-16-/t17-,19?,24-/m1/s1. The number of thiazole rings is 1. The number of amides is 2. The molecule has 1 aromatic carbocycles. The maximum absolute atomic E-state index is 13.5. The number of oxime groups is 1. The van der Waals surface area contributed by atoms with Crippen LogP contribution in [0.1, 0.15) is 22.9 Å². The summed E-state index contributed by atoms with van der Waals surface area (Å²) in [4.78, 5) is 69.6. The maximum Gasteiger partial charge on any atom is 0.352 e. The van der Waals surface area contributed by atoms with Gasteiger partial charge in [0.2, 0.25) is 6.10 Å². The number of hydrogen-bond donors (Lipinski definition) is 8. The molecule has 1 fully saturated rings. The summed E-state index contributed by atoms with van der Waals surface area (Å²) in [5.41, 5.74) is 17.4. The number of carboxylic acids is 2. The minimum absolute atomic E-state index is 0.0531. The number of nitrogen functional groups attached to an aromatic ring is 3. The number of benzene rings is 1. The Kier molecular flexibility index (Phi) is 10.1. The van der Waals surface area contributed by atoms with E-state index in [2.05, 4.69) is 25.4 Å². The summed E-state index contributed by atoms with van der Waals surface area (Å²) in [5, 5.41) is 46.3. The molecule has 1 saturated heterocycles. The van der Waals surface area contributed by atoms with E-state index in [1.807, 2.05) is 0 Å². The van der Waals surface area contributed by atoms with Crippen molar-refractivity contribution in [3.8, 4) is 11.5 Å². The summed E-state index contributed by atoms with van der Waals surface area (Å²) < 4.78 is 0. The van der Waals surface area contributed by atoms with Gasteiger partial charge in [-0.25, -0.2) is 24.5 Å². The first-order valence-electron chi connectivity index (χ1n) is 13.9. The lowest BCUT2D eigenvalue weighted by molar-refractivity contribution is -0.151. The number of phenolic OH excluding ortho intramolecular Hbond substituents is 2. The predicted octanol–water partition coefficient (Wildman–Crippen LogP) is 1.03. The fourth-order valence-electron chi connectivity index (χ4n) is 4.55. The zero-order chi connectivity index (χ0) is 35.6. The van der Waals surface area contributed by atoms with Gasteiger partial charge in [-0.1, -0.05) is 35.1 Å². The number of fused-ring (bicyclic) bond motifs is 1. The molecule has 0 aliphatic carbocycles. The molecule has 5 rings (SSSR count). The van der Waals surface area contributed by atoms with Gasteiger partial charge in [-0.05, 0) is 24.6 Å². The molecule has 2 aliphatic heterocycles. The Morgan fingerprint density at radius 1 is 1.16 bits per heavy atom. The highest BCUT2D eigenvalue weighted by atomic mass is 32.2. The van der Waals surface area contributed by atoms with Gasteiger partial charge in [0.15, 0.2) is 27.5 Å². The molecule has 2 aliphatic rings. The van der Waals surface area contributed by atoms with Crippen LogP contribution < -0.4 is 22.5 Å². The average molecular weight is 730 g/mol. The van der Waals surface area contributed by atoms with Crippen molar-refractivity contribution in [2.45, 2.75) is 29.6 Å². The van der Waals surface area contributed by atoms with Crippen LogP contribution >= 0.6 is 34.9 Å². The number of nitrogens with zero attached hydrogens (tertiary/aromatic N) is 5. The molecule has 0 bridgehead atoms. The Morgan fingerprint density at radius 3 is 2.49 bits per heavy atom. The minimum atomic E-state index is -1.83. The number of anilines is 3. The molecule has 3 atom stereocenters. The molecule has 11 N–H and O–H groups in total. The van der Waals surface area contributed by atoms with Gasteiger partial charge in [0, 0.05) is 28.0 Å². The zero-order valence-corrected chi connectivity index (χ0v) is 27.6. The van der Waals surface area contributed by atoms with Gasteiger partial charge in [0.25, 0.3) is 11.8 Å². The summed E-state index contributed by atoms with van der Waals surface area (Å²) in [5.74, 6) is -4.63. The monoisotopic (exact) mass is 729 g/mol. The summed E-state index contributed by atoms with van der Waals surface area (Å²) in [6.07, 6.45) is 1.45. The van der Waals surface area contributed by atoms with Crippen LogP contribution in [0.2, 0.25) is 0 Å². The smallest absolute Gasteiger partial charge is 0.352 e. The molecule has 2 aromatic heterocycles. The molecule has 18 nitrogen and oxygen atoms in total. The fourth-order valence-corrected chi connectivity index (χ4v) is 7.08. The Bertz CT molecular complexity index is 1930. The number of thioether (sulfide) groups is 2. The first-order chi connectivity index (χ1) is 23.3. The van der Waals surface area contributed by atoms with Crippen LogP contribution in [0.15, 0.2) is 57.3 Å². The molecule has 3 aromatic rings. The summed E-state index contributed by atoms with van der Waals surface area (Å²) >= 11 is 3.40. The number of carbonyl (C=O) groups is 4. The van der Waals surface area contributed by atoms with E-state index in [-0.39, 0.29) is 39.5 Å². The maximum atomic E-state index is 13.5. The van der Waals surface area contributed by atoms with Crippen molar-refractivity contribution in [3.05, 3.63) is 63.8 Å². The summed E-state index contributed by atoms with van der Waals surface area (Å²) in [6, 6.07) is 2.00. The Labute approximate surface area is 288 Å². The van der Waals surface area contributed by atoms with Crippen molar-refractivity contribution in [2.75, 3.05) is 28.7 Å². The number of aromatic hydroxyl groups is 2. The number of rotatable bonds is 12. The number of carbonyl (C=O) groups excluding carboxylic acids is 2. The third-order valence-corrected chi connectivity index (χ3v) is 9.85. The average Bonchev–Trinajstić information content (AvgIpc) is 3.48. The lowest BCUT2D eigenvalue weighted by Gasteiger charge is -2.49. The Hall–Kier alpha value is -5.54. The second-order valence-corrected chi connectivity index (χ2v) is 13.2. The largest absolute Gasteiger partial charge is 0.504 e. The molecule has 0 spiro atoms. The zero-order valence-electron chi connectivity index (χ0n) is 25.1. The van der Waals surface area contributed by atoms with E-state index in [1.54, 1.807) is 19.1 Å². The van der Waals surface area contributed by atoms with E-state index in [1.165, 1.54) is 35.0 Å². The van der Waals surface area contributed by atoms with E-state index in [4.69, 9.17) is 22.0 Å². The fraction of sp³-hybridized carbons (Fsp3) is 0.214. The van der Waals surface area contributed by atoms with E-state index in [9.17, 15) is 39.6 Å². The van der Waals surface area contributed by atoms with E-state index in [0.717, 1.165) is 28.4 Å². The van der Waals surface area contributed by atoms with Crippen LogP contribution in [0.3, 0.4) is 0 Å². The van der Waals surface area contributed by atoms with Gasteiger partial charge >= 0.3 is 11.9 Å². The molecule has 21 heteroatoms.